The predicted molar refractivity (Wildman–Crippen MR) is 70.0 cm³/mol. The van der Waals surface area contributed by atoms with Crippen molar-refractivity contribution in [1.29, 1.82) is 0 Å². The Morgan fingerprint density at radius 2 is 2.17 bits per heavy atom. The molecule has 1 fully saturated rings. The van der Waals surface area contributed by atoms with Gasteiger partial charge in [-0.15, -0.1) is 0 Å². The molecule has 1 aliphatic heterocycles. The van der Waals surface area contributed by atoms with E-state index in [0.717, 1.165) is 31.4 Å². The number of esters is 1. The summed E-state index contributed by atoms with van der Waals surface area (Å²) in [6.45, 7) is 1.14. The van der Waals surface area contributed by atoms with Gasteiger partial charge in [0.15, 0.2) is 0 Å². The Morgan fingerprint density at radius 1 is 1.33 bits per heavy atom. The van der Waals surface area contributed by atoms with Crippen molar-refractivity contribution in [2.75, 3.05) is 13.2 Å². The topological polar surface area (TPSA) is 35.5 Å². The highest BCUT2D eigenvalue weighted by molar-refractivity contribution is 5.87. The molecule has 0 N–H and O–H groups in total. The second-order valence-electron chi connectivity index (χ2n) is 4.36. The van der Waals surface area contributed by atoms with Crippen LogP contribution in [0.3, 0.4) is 0 Å². The van der Waals surface area contributed by atoms with Crippen LogP contribution in [-0.4, -0.2) is 25.3 Å². The van der Waals surface area contributed by atoms with Crippen LogP contribution < -0.4 is 0 Å². The minimum absolute atomic E-state index is 0.0767. The number of rotatable bonds is 4. The molecule has 0 saturated carbocycles. The van der Waals surface area contributed by atoms with Crippen molar-refractivity contribution in [1.82, 2.24) is 0 Å². The fourth-order valence-electron chi connectivity index (χ4n) is 1.89. The SMILES string of the molecule is O=C(C=Cc1ccccc1)OCC1CCCCO1. The van der Waals surface area contributed by atoms with Crippen LogP contribution in [0.15, 0.2) is 36.4 Å². The molecule has 0 radical (unpaired) electrons. The van der Waals surface area contributed by atoms with E-state index in [4.69, 9.17) is 9.47 Å². The highest BCUT2D eigenvalue weighted by atomic mass is 16.6. The summed E-state index contributed by atoms with van der Waals surface area (Å²) >= 11 is 0. The van der Waals surface area contributed by atoms with E-state index in [-0.39, 0.29) is 12.1 Å². The van der Waals surface area contributed by atoms with Crippen molar-refractivity contribution in [2.45, 2.75) is 25.4 Å². The van der Waals surface area contributed by atoms with E-state index in [1.54, 1.807) is 6.08 Å². The lowest BCUT2D eigenvalue weighted by Gasteiger charge is -2.21. The molecule has 0 bridgehead atoms. The standard InChI is InChI=1S/C15H18O3/c16-15(10-9-13-6-2-1-3-7-13)18-12-14-8-4-5-11-17-14/h1-3,6-7,9-10,14H,4-5,8,11-12H2. The van der Waals surface area contributed by atoms with E-state index in [1.807, 2.05) is 30.3 Å². The first-order valence-corrected chi connectivity index (χ1v) is 6.36. The average molecular weight is 246 g/mol. The molecule has 0 aromatic heterocycles. The molecule has 1 aromatic rings. The number of hydrogen-bond donors (Lipinski definition) is 0. The van der Waals surface area contributed by atoms with E-state index in [1.165, 1.54) is 6.08 Å². The predicted octanol–water partition coefficient (Wildman–Crippen LogP) is 2.81. The number of carbonyl (C=O) groups is 1. The van der Waals surface area contributed by atoms with E-state index >= 15 is 0 Å². The molecule has 1 saturated heterocycles. The summed E-state index contributed by atoms with van der Waals surface area (Å²) in [5.74, 6) is -0.312. The lowest BCUT2D eigenvalue weighted by Crippen LogP contribution is -2.25. The van der Waals surface area contributed by atoms with Crippen LogP contribution in [0.4, 0.5) is 0 Å². The van der Waals surface area contributed by atoms with Gasteiger partial charge in [0, 0.05) is 12.7 Å². The summed E-state index contributed by atoms with van der Waals surface area (Å²) in [4.78, 5) is 11.5. The minimum atomic E-state index is -0.312. The highest BCUT2D eigenvalue weighted by Crippen LogP contribution is 2.12. The van der Waals surface area contributed by atoms with Gasteiger partial charge in [0.05, 0.1) is 6.10 Å². The van der Waals surface area contributed by atoms with Crippen LogP contribution in [0.1, 0.15) is 24.8 Å². The van der Waals surface area contributed by atoms with Gasteiger partial charge in [-0.05, 0) is 30.9 Å². The Bertz CT molecular complexity index is 391. The quantitative estimate of drug-likeness (QED) is 0.605. The van der Waals surface area contributed by atoms with Crippen molar-refractivity contribution in [3.05, 3.63) is 42.0 Å². The smallest absolute Gasteiger partial charge is 0.330 e. The molecule has 1 heterocycles. The van der Waals surface area contributed by atoms with Gasteiger partial charge in [-0.2, -0.15) is 0 Å². The molecule has 1 atom stereocenters. The summed E-state index contributed by atoms with van der Waals surface area (Å²) in [6, 6.07) is 9.68. The number of ether oxygens (including phenoxy) is 2. The molecule has 3 heteroatoms. The third-order valence-electron chi connectivity index (χ3n) is 2.90. The van der Waals surface area contributed by atoms with Gasteiger partial charge in [-0.1, -0.05) is 30.3 Å². The molecule has 96 valence electrons. The first-order valence-electron chi connectivity index (χ1n) is 6.36. The van der Waals surface area contributed by atoms with E-state index in [2.05, 4.69) is 0 Å². The molecule has 1 unspecified atom stereocenters. The van der Waals surface area contributed by atoms with Gasteiger partial charge < -0.3 is 9.47 Å². The molecule has 0 aliphatic carbocycles. The zero-order chi connectivity index (χ0) is 12.6. The summed E-state index contributed by atoms with van der Waals surface area (Å²) in [5, 5.41) is 0. The van der Waals surface area contributed by atoms with Gasteiger partial charge >= 0.3 is 5.97 Å². The summed E-state index contributed by atoms with van der Waals surface area (Å²) in [7, 11) is 0. The zero-order valence-corrected chi connectivity index (χ0v) is 10.4. The number of benzene rings is 1. The van der Waals surface area contributed by atoms with Crippen molar-refractivity contribution < 1.29 is 14.3 Å². The molecule has 0 amide bonds. The zero-order valence-electron chi connectivity index (χ0n) is 10.4. The minimum Gasteiger partial charge on any atom is -0.460 e. The van der Waals surface area contributed by atoms with E-state index in [9.17, 15) is 4.79 Å². The Kier molecular flexibility index (Phi) is 4.97. The molecule has 3 nitrogen and oxygen atoms in total. The Labute approximate surface area is 107 Å². The monoisotopic (exact) mass is 246 g/mol. The number of hydrogen-bond acceptors (Lipinski definition) is 3. The maximum atomic E-state index is 11.5. The summed E-state index contributed by atoms with van der Waals surface area (Å²) in [5.41, 5.74) is 0.989. The number of carbonyl (C=O) groups excluding carboxylic acids is 1. The lowest BCUT2D eigenvalue weighted by atomic mass is 10.1. The molecule has 2 rings (SSSR count). The Morgan fingerprint density at radius 3 is 2.89 bits per heavy atom. The van der Waals surface area contributed by atoms with Gasteiger partial charge in [-0.3, -0.25) is 0 Å². The molecule has 0 spiro atoms. The average Bonchev–Trinajstić information content (AvgIpc) is 2.45. The van der Waals surface area contributed by atoms with Gasteiger partial charge in [0.1, 0.15) is 6.61 Å². The summed E-state index contributed by atoms with van der Waals surface area (Å²) in [6.07, 6.45) is 6.53. The first-order chi connectivity index (χ1) is 8.84. The third-order valence-corrected chi connectivity index (χ3v) is 2.90. The van der Waals surface area contributed by atoms with Crippen LogP contribution in [0, 0.1) is 0 Å². The molecular weight excluding hydrogens is 228 g/mol. The van der Waals surface area contributed by atoms with Crippen molar-refractivity contribution in [3.8, 4) is 0 Å². The highest BCUT2D eigenvalue weighted by Gasteiger charge is 2.14. The lowest BCUT2D eigenvalue weighted by molar-refractivity contribution is -0.143. The molecular formula is C15H18O3. The van der Waals surface area contributed by atoms with E-state index in [0.29, 0.717) is 6.61 Å². The van der Waals surface area contributed by atoms with Crippen molar-refractivity contribution in [3.63, 3.8) is 0 Å². The third kappa shape index (κ3) is 4.34. The van der Waals surface area contributed by atoms with Crippen LogP contribution in [0.2, 0.25) is 0 Å². The maximum absolute atomic E-state index is 11.5. The first kappa shape index (κ1) is 12.8. The van der Waals surface area contributed by atoms with Gasteiger partial charge in [0.25, 0.3) is 0 Å². The Balaban J connectivity index is 1.73. The largest absolute Gasteiger partial charge is 0.460 e. The van der Waals surface area contributed by atoms with Crippen LogP contribution in [0.25, 0.3) is 6.08 Å². The maximum Gasteiger partial charge on any atom is 0.330 e. The van der Waals surface area contributed by atoms with Crippen molar-refractivity contribution in [2.24, 2.45) is 0 Å². The fourth-order valence-corrected chi connectivity index (χ4v) is 1.89. The normalized spacial score (nSPS) is 19.9. The van der Waals surface area contributed by atoms with Crippen molar-refractivity contribution >= 4 is 12.0 Å². The fraction of sp³-hybridized carbons (Fsp3) is 0.400. The second kappa shape index (κ2) is 6.97. The molecule has 1 aromatic carbocycles. The van der Waals surface area contributed by atoms with Crippen LogP contribution in [-0.2, 0) is 14.3 Å². The van der Waals surface area contributed by atoms with Gasteiger partial charge in [0.2, 0.25) is 0 Å². The van der Waals surface area contributed by atoms with Crippen LogP contribution in [0.5, 0.6) is 0 Å². The van der Waals surface area contributed by atoms with Crippen LogP contribution >= 0.6 is 0 Å². The molecule has 18 heavy (non-hydrogen) atoms. The van der Waals surface area contributed by atoms with E-state index < -0.39 is 0 Å². The summed E-state index contributed by atoms with van der Waals surface area (Å²) < 4.78 is 10.6. The second-order valence-corrected chi connectivity index (χ2v) is 4.36. The van der Waals surface area contributed by atoms with Gasteiger partial charge in [-0.25, -0.2) is 4.79 Å². The molecule has 1 aliphatic rings. The Hall–Kier alpha value is -1.61.